The fraction of sp³-hybridized carbons (Fsp3) is 0.444. The topological polar surface area (TPSA) is 52.6 Å². The first-order chi connectivity index (χ1) is 15.0. The third kappa shape index (κ3) is 5.96. The predicted molar refractivity (Wildman–Crippen MR) is 136 cm³/mol. The van der Waals surface area contributed by atoms with Crippen LogP contribution in [0.15, 0.2) is 47.4 Å². The molecule has 2 N–H and O–H groups in total. The molecular formula is C27H36N2O2S. The minimum atomic E-state index is -0.197. The van der Waals surface area contributed by atoms with Crippen LogP contribution < -0.4 is 5.43 Å². The maximum atomic E-state index is 12.9. The predicted octanol–water partition coefficient (Wildman–Crippen LogP) is 6.00. The first kappa shape index (κ1) is 24.4. The summed E-state index contributed by atoms with van der Waals surface area (Å²) in [4.78, 5) is 13.7. The van der Waals surface area contributed by atoms with Crippen LogP contribution >= 0.6 is 11.8 Å². The zero-order chi connectivity index (χ0) is 23.5. The van der Waals surface area contributed by atoms with Crippen LogP contribution in [-0.4, -0.2) is 28.4 Å². The lowest BCUT2D eigenvalue weighted by atomic mass is 9.78. The molecule has 32 heavy (non-hydrogen) atoms. The van der Waals surface area contributed by atoms with Crippen molar-refractivity contribution in [3.63, 3.8) is 0 Å². The zero-order valence-corrected chi connectivity index (χ0v) is 21.0. The second kappa shape index (κ2) is 9.72. The van der Waals surface area contributed by atoms with E-state index in [1.54, 1.807) is 16.8 Å². The van der Waals surface area contributed by atoms with E-state index in [9.17, 15) is 9.90 Å². The van der Waals surface area contributed by atoms with Gasteiger partial charge in [0, 0.05) is 17.7 Å². The van der Waals surface area contributed by atoms with Gasteiger partial charge in [0.15, 0.2) is 0 Å². The van der Waals surface area contributed by atoms with Gasteiger partial charge in [-0.1, -0.05) is 83.6 Å². The van der Waals surface area contributed by atoms with Crippen molar-refractivity contribution in [1.82, 2.24) is 10.4 Å². The summed E-state index contributed by atoms with van der Waals surface area (Å²) in [5.41, 5.74) is 6.97. The lowest BCUT2D eigenvalue weighted by molar-refractivity contribution is -0.127. The molecule has 2 aromatic rings. The summed E-state index contributed by atoms with van der Waals surface area (Å²) in [7, 11) is 0. The third-order valence-electron chi connectivity index (χ3n) is 5.64. The Morgan fingerprint density at radius 1 is 1.03 bits per heavy atom. The molecule has 4 nitrogen and oxygen atoms in total. The fourth-order valence-corrected chi connectivity index (χ4v) is 4.72. The lowest BCUT2D eigenvalue weighted by Crippen LogP contribution is -2.39. The van der Waals surface area contributed by atoms with E-state index in [1.165, 1.54) is 5.56 Å². The van der Waals surface area contributed by atoms with Crippen molar-refractivity contribution in [3.05, 3.63) is 69.6 Å². The van der Waals surface area contributed by atoms with Crippen LogP contribution in [0, 0.1) is 0 Å². The molecule has 0 saturated carbocycles. The summed E-state index contributed by atoms with van der Waals surface area (Å²) in [5, 5.41) is 12.6. The number of nitrogens with zero attached hydrogens (tertiary/aromatic N) is 1. The van der Waals surface area contributed by atoms with Crippen LogP contribution in [-0.2, 0) is 22.0 Å². The van der Waals surface area contributed by atoms with Gasteiger partial charge in [0.25, 0.3) is 5.91 Å². The first-order valence-corrected chi connectivity index (χ1v) is 12.3. The van der Waals surface area contributed by atoms with Crippen molar-refractivity contribution in [3.8, 4) is 5.75 Å². The summed E-state index contributed by atoms with van der Waals surface area (Å²) in [6.45, 7) is 13.4. The Morgan fingerprint density at radius 3 is 2.19 bits per heavy atom. The van der Waals surface area contributed by atoms with Gasteiger partial charge < -0.3 is 5.11 Å². The number of phenolic OH excluding ortho intramolecular Hbond substituents is 1. The molecule has 2 aromatic carbocycles. The number of hydrogen-bond acceptors (Lipinski definition) is 4. The Bertz CT molecular complexity index is 950. The number of carbonyl (C=O) groups is 1. The third-order valence-corrected chi connectivity index (χ3v) is 6.63. The maximum absolute atomic E-state index is 12.9. The number of amides is 1. The van der Waals surface area contributed by atoms with Crippen LogP contribution in [0.25, 0.3) is 6.08 Å². The molecule has 5 heteroatoms. The first-order valence-electron chi connectivity index (χ1n) is 11.3. The average Bonchev–Trinajstić information content (AvgIpc) is 3.05. The van der Waals surface area contributed by atoms with Crippen LogP contribution in [0.3, 0.4) is 0 Å². The molecule has 0 radical (unpaired) electrons. The Morgan fingerprint density at radius 2 is 1.62 bits per heavy atom. The standard InChI is InChI=1S/C27H36N2O2S/c1-26(2,3)21-15-20(16-22(24(21)30)27(4,5)6)17-23-25(31)29(18-32-23)28-14-10-13-19-11-8-7-9-12-19/h7-9,11-12,15-17,28,30H,10,13-14,18H2,1-6H3. The highest BCUT2D eigenvalue weighted by Crippen LogP contribution is 2.41. The van der Waals surface area contributed by atoms with E-state index in [2.05, 4.69) is 71.2 Å². The van der Waals surface area contributed by atoms with Crippen molar-refractivity contribution < 1.29 is 9.90 Å². The van der Waals surface area contributed by atoms with Crippen molar-refractivity contribution in [2.45, 2.75) is 65.2 Å². The maximum Gasteiger partial charge on any atom is 0.275 e. The summed E-state index contributed by atoms with van der Waals surface area (Å²) < 4.78 is 0. The number of hydrogen-bond donors (Lipinski definition) is 2. The highest BCUT2D eigenvalue weighted by Gasteiger charge is 2.29. The number of phenols is 1. The van der Waals surface area contributed by atoms with E-state index in [-0.39, 0.29) is 16.7 Å². The second-order valence-corrected chi connectivity index (χ2v) is 11.5. The van der Waals surface area contributed by atoms with E-state index in [0.717, 1.165) is 41.0 Å². The summed E-state index contributed by atoms with van der Waals surface area (Å²) in [6.07, 6.45) is 3.92. The summed E-state index contributed by atoms with van der Waals surface area (Å²) >= 11 is 1.55. The van der Waals surface area contributed by atoms with Crippen molar-refractivity contribution in [2.24, 2.45) is 0 Å². The van der Waals surface area contributed by atoms with Gasteiger partial charge in [-0.05, 0) is 53.0 Å². The van der Waals surface area contributed by atoms with E-state index >= 15 is 0 Å². The average molecular weight is 453 g/mol. The second-order valence-electron chi connectivity index (χ2n) is 10.5. The Labute approximate surface area is 197 Å². The van der Waals surface area contributed by atoms with Crippen molar-refractivity contribution in [1.29, 1.82) is 0 Å². The van der Waals surface area contributed by atoms with E-state index in [0.29, 0.717) is 11.6 Å². The van der Waals surface area contributed by atoms with Crippen LogP contribution in [0.2, 0.25) is 0 Å². The van der Waals surface area contributed by atoms with Gasteiger partial charge >= 0.3 is 0 Å². The van der Waals surface area contributed by atoms with E-state index in [4.69, 9.17) is 0 Å². The van der Waals surface area contributed by atoms with Gasteiger partial charge in [-0.3, -0.25) is 9.80 Å². The highest BCUT2D eigenvalue weighted by molar-refractivity contribution is 8.04. The Hall–Kier alpha value is -2.24. The van der Waals surface area contributed by atoms with Crippen LogP contribution in [0.4, 0.5) is 0 Å². The monoisotopic (exact) mass is 452 g/mol. The molecule has 3 rings (SSSR count). The zero-order valence-electron chi connectivity index (χ0n) is 20.2. The minimum Gasteiger partial charge on any atom is -0.507 e. The highest BCUT2D eigenvalue weighted by atomic mass is 32.2. The number of carbonyl (C=O) groups excluding carboxylic acids is 1. The molecule has 0 aliphatic carbocycles. The molecule has 172 valence electrons. The summed E-state index contributed by atoms with van der Waals surface area (Å²) in [6, 6.07) is 14.4. The quantitative estimate of drug-likeness (QED) is 0.417. The van der Waals surface area contributed by atoms with Crippen LogP contribution in [0.5, 0.6) is 5.75 Å². The lowest BCUT2D eigenvalue weighted by Gasteiger charge is -2.28. The number of aryl methyl sites for hydroxylation is 1. The number of thioether (sulfide) groups is 1. The number of benzene rings is 2. The normalized spacial score (nSPS) is 16.2. The van der Waals surface area contributed by atoms with E-state index < -0.39 is 0 Å². The molecule has 0 unspecified atom stereocenters. The SMILES string of the molecule is CC(C)(C)c1cc(C=C2SCN(NCCCc3ccccc3)C2=O)cc(C(C)(C)C)c1O. The molecule has 0 aromatic heterocycles. The van der Waals surface area contributed by atoms with Gasteiger partial charge in [0.2, 0.25) is 0 Å². The van der Waals surface area contributed by atoms with E-state index in [1.807, 2.05) is 24.3 Å². The Balaban J connectivity index is 1.72. The van der Waals surface area contributed by atoms with Gasteiger partial charge in [-0.15, -0.1) is 0 Å². The minimum absolute atomic E-state index is 0.0115. The number of aromatic hydroxyl groups is 1. The van der Waals surface area contributed by atoms with Crippen molar-refractivity contribution >= 4 is 23.7 Å². The molecule has 0 bridgehead atoms. The molecule has 1 saturated heterocycles. The molecule has 1 aliphatic heterocycles. The van der Waals surface area contributed by atoms with Crippen LogP contribution in [0.1, 0.15) is 70.2 Å². The molecule has 0 atom stereocenters. The van der Waals surface area contributed by atoms with Gasteiger partial charge in [0.1, 0.15) is 5.75 Å². The number of nitrogens with one attached hydrogen (secondary N) is 1. The molecule has 1 aliphatic rings. The van der Waals surface area contributed by atoms with Gasteiger partial charge in [-0.25, -0.2) is 5.43 Å². The number of rotatable bonds is 6. The smallest absolute Gasteiger partial charge is 0.275 e. The van der Waals surface area contributed by atoms with Gasteiger partial charge in [0.05, 0.1) is 10.8 Å². The largest absolute Gasteiger partial charge is 0.507 e. The van der Waals surface area contributed by atoms with Gasteiger partial charge in [-0.2, -0.15) is 0 Å². The summed E-state index contributed by atoms with van der Waals surface area (Å²) in [5.74, 6) is 0.975. The Kier molecular flexibility index (Phi) is 7.41. The molecule has 0 spiro atoms. The molecular weight excluding hydrogens is 416 g/mol. The molecule has 1 fully saturated rings. The molecule has 1 amide bonds. The van der Waals surface area contributed by atoms with Crippen molar-refractivity contribution in [2.75, 3.05) is 12.4 Å². The molecule has 1 heterocycles. The number of hydrazine groups is 1. The fourth-order valence-electron chi connectivity index (χ4n) is 3.79.